The van der Waals surface area contributed by atoms with Crippen LogP contribution < -0.4 is 25.0 Å². The third-order valence-corrected chi connectivity index (χ3v) is 8.35. The van der Waals surface area contributed by atoms with Gasteiger partial charge in [0.2, 0.25) is 11.8 Å². The summed E-state index contributed by atoms with van der Waals surface area (Å²) in [6, 6.07) is 3.70. The van der Waals surface area contributed by atoms with E-state index in [-0.39, 0.29) is 35.3 Å². The molecule has 2 N–H and O–H groups in total. The number of thioether (sulfide) groups is 1. The number of imide groups is 1. The van der Waals surface area contributed by atoms with Crippen LogP contribution in [0.1, 0.15) is 5.56 Å². The lowest BCUT2D eigenvalue weighted by Crippen LogP contribution is -2.62. The van der Waals surface area contributed by atoms with Gasteiger partial charge in [0, 0.05) is 24.9 Å². The fourth-order valence-electron chi connectivity index (χ4n) is 4.36. The highest BCUT2D eigenvalue weighted by Gasteiger charge is 2.52. The van der Waals surface area contributed by atoms with Gasteiger partial charge in [-0.2, -0.15) is 0 Å². The zero-order chi connectivity index (χ0) is 25.6. The summed E-state index contributed by atoms with van der Waals surface area (Å²) in [5.41, 5.74) is 1.86. The molecule has 9 nitrogen and oxygen atoms in total. The monoisotopic (exact) mass is 534 g/mol. The highest BCUT2D eigenvalue weighted by molar-refractivity contribution is 8.01. The number of amides is 4. The summed E-state index contributed by atoms with van der Waals surface area (Å²) in [5, 5.41) is 4.49. The molecule has 0 aliphatic carbocycles. The molecule has 5 rings (SSSR count). The summed E-state index contributed by atoms with van der Waals surface area (Å²) in [4.78, 5) is 43.4. The van der Waals surface area contributed by atoms with Gasteiger partial charge >= 0.3 is 6.03 Å². The van der Waals surface area contributed by atoms with E-state index >= 15 is 4.39 Å². The molecular weight excluding hydrogens is 514 g/mol. The molecule has 4 amide bonds. The maximum Gasteiger partial charge on any atom is 0.329 e. The second kappa shape index (κ2) is 9.54. The number of anilines is 1. The van der Waals surface area contributed by atoms with Crippen molar-refractivity contribution in [1.29, 1.82) is 0 Å². The molecular formula is C23H20F2N4O5S2. The number of carbonyl (C=O) groups is 3. The number of nitrogens with zero attached hydrogens (tertiary/aromatic N) is 2. The van der Waals surface area contributed by atoms with Gasteiger partial charge in [-0.25, -0.2) is 23.5 Å². The number of hydrogen-bond donors (Lipinski definition) is 2. The van der Waals surface area contributed by atoms with Crippen LogP contribution in [0.3, 0.4) is 0 Å². The minimum atomic E-state index is -0.906. The molecule has 0 spiro atoms. The third-order valence-electron chi connectivity index (χ3n) is 6.13. The second-order valence-electron chi connectivity index (χ2n) is 8.09. The highest BCUT2D eigenvalue weighted by atomic mass is 32.2. The predicted octanol–water partition coefficient (Wildman–Crippen LogP) is 3.06. The Kier molecular flexibility index (Phi) is 6.43. The molecule has 2 aliphatic rings. The fraction of sp³-hybridized carbons (Fsp3) is 0.304. The molecule has 0 radical (unpaired) electrons. The van der Waals surface area contributed by atoms with Crippen molar-refractivity contribution in [3.63, 3.8) is 0 Å². The smallest absolute Gasteiger partial charge is 0.329 e. The van der Waals surface area contributed by atoms with Crippen molar-refractivity contribution in [2.75, 3.05) is 24.8 Å². The Morgan fingerprint density at radius 3 is 2.81 bits per heavy atom. The quantitative estimate of drug-likeness (QED) is 0.500. The molecule has 2 aliphatic heterocycles. The molecule has 188 valence electrons. The van der Waals surface area contributed by atoms with Gasteiger partial charge < -0.3 is 20.1 Å². The van der Waals surface area contributed by atoms with Crippen LogP contribution in [-0.4, -0.2) is 54.0 Å². The SMILES string of the molecule is CNC(=O)C1SCC2NC(=O)N(c3cc(OCc4c(F)ccc5scnc45)c(OC)cc3F)C(=O)C21. The fourth-order valence-corrected chi connectivity index (χ4v) is 6.55. The number of fused-ring (bicyclic) bond motifs is 2. The lowest BCUT2D eigenvalue weighted by atomic mass is 9.93. The second-order valence-corrected chi connectivity index (χ2v) is 10.2. The van der Waals surface area contributed by atoms with Crippen LogP contribution in [0.25, 0.3) is 10.2 Å². The number of aromatic nitrogens is 1. The molecule has 3 unspecified atom stereocenters. The third kappa shape index (κ3) is 4.01. The van der Waals surface area contributed by atoms with Crippen molar-refractivity contribution in [2.45, 2.75) is 17.9 Å². The molecule has 3 aromatic rings. The first-order valence-corrected chi connectivity index (χ1v) is 12.8. The maximum atomic E-state index is 15.1. The molecule has 0 saturated carbocycles. The van der Waals surface area contributed by atoms with E-state index in [1.807, 2.05) is 0 Å². The molecule has 36 heavy (non-hydrogen) atoms. The van der Waals surface area contributed by atoms with E-state index in [9.17, 15) is 18.8 Å². The number of hydrogen-bond acceptors (Lipinski definition) is 8. The Hall–Kier alpha value is -3.45. The number of halogens is 2. The van der Waals surface area contributed by atoms with Crippen molar-refractivity contribution < 1.29 is 32.6 Å². The van der Waals surface area contributed by atoms with Gasteiger partial charge in [0.05, 0.1) is 51.3 Å². The number of thiazole rings is 1. The first-order chi connectivity index (χ1) is 17.3. The van der Waals surface area contributed by atoms with Crippen molar-refractivity contribution in [2.24, 2.45) is 5.92 Å². The van der Waals surface area contributed by atoms with Crippen molar-refractivity contribution in [3.8, 4) is 11.5 Å². The molecule has 2 aromatic carbocycles. The van der Waals surface area contributed by atoms with E-state index in [0.29, 0.717) is 16.2 Å². The Balaban J connectivity index is 1.48. The highest BCUT2D eigenvalue weighted by Crippen LogP contribution is 2.41. The van der Waals surface area contributed by atoms with Gasteiger partial charge in [-0.05, 0) is 12.1 Å². The Morgan fingerprint density at radius 1 is 1.25 bits per heavy atom. The number of rotatable bonds is 6. The van der Waals surface area contributed by atoms with Gasteiger partial charge in [-0.1, -0.05) is 0 Å². The van der Waals surface area contributed by atoms with E-state index in [2.05, 4.69) is 15.6 Å². The van der Waals surface area contributed by atoms with Crippen LogP contribution in [0.5, 0.6) is 11.5 Å². The molecule has 1 aromatic heterocycles. The average molecular weight is 535 g/mol. The van der Waals surface area contributed by atoms with E-state index in [1.165, 1.54) is 43.3 Å². The largest absolute Gasteiger partial charge is 0.493 e. The predicted molar refractivity (Wildman–Crippen MR) is 130 cm³/mol. The van der Waals surface area contributed by atoms with Crippen LogP contribution in [0.4, 0.5) is 19.3 Å². The number of methoxy groups -OCH3 is 1. The van der Waals surface area contributed by atoms with Gasteiger partial charge in [0.15, 0.2) is 17.3 Å². The minimum absolute atomic E-state index is 0.00750. The molecule has 2 fully saturated rings. The van der Waals surface area contributed by atoms with Gasteiger partial charge in [-0.15, -0.1) is 23.1 Å². The first kappa shape index (κ1) is 24.3. The number of benzene rings is 2. The zero-order valence-corrected chi connectivity index (χ0v) is 20.7. The Morgan fingerprint density at radius 2 is 2.06 bits per heavy atom. The first-order valence-electron chi connectivity index (χ1n) is 10.8. The van der Waals surface area contributed by atoms with Crippen LogP contribution >= 0.6 is 23.1 Å². The van der Waals surface area contributed by atoms with Gasteiger partial charge in [0.1, 0.15) is 12.4 Å². The lowest BCUT2D eigenvalue weighted by molar-refractivity contribution is -0.128. The van der Waals surface area contributed by atoms with E-state index in [0.717, 1.165) is 16.8 Å². The van der Waals surface area contributed by atoms with Crippen LogP contribution in [-0.2, 0) is 16.2 Å². The number of ether oxygens (including phenoxy) is 2. The van der Waals surface area contributed by atoms with E-state index in [4.69, 9.17) is 9.47 Å². The minimum Gasteiger partial charge on any atom is -0.493 e. The standard InChI is InChI=1S/C23H20F2N4O5S2/c1-26-21(30)20-18-13(8-35-20)28-23(32)29(22(18)31)14-6-16(15(33-2)5-12(14)25)34-7-10-11(24)3-4-17-19(10)27-9-36-17/h3-6,9,13,18,20H,7-8H2,1-2H3,(H,26,30)(H,28,32). The van der Waals surface area contributed by atoms with Crippen molar-refractivity contribution in [1.82, 2.24) is 15.6 Å². The van der Waals surface area contributed by atoms with Crippen LogP contribution in [0.2, 0.25) is 0 Å². The summed E-state index contributed by atoms with van der Waals surface area (Å²) < 4.78 is 41.4. The van der Waals surface area contributed by atoms with Crippen LogP contribution in [0, 0.1) is 17.6 Å². The van der Waals surface area contributed by atoms with Crippen molar-refractivity contribution in [3.05, 3.63) is 47.0 Å². The summed E-state index contributed by atoms with van der Waals surface area (Å²) in [7, 11) is 2.76. The van der Waals surface area contributed by atoms with Crippen molar-refractivity contribution >= 4 is 56.8 Å². The lowest BCUT2D eigenvalue weighted by Gasteiger charge is -2.35. The Labute approximate surface area is 212 Å². The summed E-state index contributed by atoms with van der Waals surface area (Å²) in [6.45, 7) is -0.255. The molecule has 3 atom stereocenters. The molecule has 3 heterocycles. The van der Waals surface area contributed by atoms with E-state index in [1.54, 1.807) is 11.6 Å². The van der Waals surface area contributed by atoms with Crippen LogP contribution in [0.15, 0.2) is 29.8 Å². The number of urea groups is 1. The molecule has 2 saturated heterocycles. The molecule has 0 bridgehead atoms. The Bertz CT molecular complexity index is 1380. The van der Waals surface area contributed by atoms with E-state index < -0.39 is 40.8 Å². The zero-order valence-electron chi connectivity index (χ0n) is 19.0. The average Bonchev–Trinajstić information content (AvgIpc) is 3.51. The topological polar surface area (TPSA) is 110 Å². The normalized spacial score (nSPS) is 21.3. The number of carbonyl (C=O) groups excluding carboxylic acids is 3. The molecule has 13 heteroatoms. The maximum absolute atomic E-state index is 15.1. The summed E-state index contributed by atoms with van der Waals surface area (Å²) in [6.07, 6.45) is 0. The number of nitrogens with one attached hydrogen (secondary N) is 2. The summed E-state index contributed by atoms with van der Waals surface area (Å²) >= 11 is 2.60. The summed E-state index contributed by atoms with van der Waals surface area (Å²) in [5.74, 6) is -2.99. The van der Waals surface area contributed by atoms with Gasteiger partial charge in [-0.3, -0.25) is 9.59 Å². The van der Waals surface area contributed by atoms with Gasteiger partial charge in [0.25, 0.3) is 0 Å².